The molecule has 0 bridgehead atoms. The first-order valence-corrected chi connectivity index (χ1v) is 6.19. The Labute approximate surface area is 123 Å². The zero-order valence-corrected chi connectivity index (χ0v) is 11.8. The van der Waals surface area contributed by atoms with Gasteiger partial charge in [-0.25, -0.2) is 0 Å². The summed E-state index contributed by atoms with van der Waals surface area (Å²) < 4.78 is 84.4. The molecule has 0 saturated heterocycles. The SMILES string of the molecule is FC(F)(F)COCCOc1ccc(OC(F)(F)F)c(Br)c1. The Bertz CT molecular complexity index is 460. The summed E-state index contributed by atoms with van der Waals surface area (Å²) in [5.41, 5.74) is 0. The first-order chi connectivity index (χ1) is 9.57. The van der Waals surface area contributed by atoms with Gasteiger partial charge in [-0.05, 0) is 34.1 Å². The van der Waals surface area contributed by atoms with Crippen LogP contribution in [-0.4, -0.2) is 32.4 Å². The normalized spacial score (nSPS) is 12.3. The maximum Gasteiger partial charge on any atom is 0.573 e. The number of alkyl halides is 6. The largest absolute Gasteiger partial charge is 0.573 e. The molecule has 10 heteroatoms. The van der Waals surface area contributed by atoms with Crippen molar-refractivity contribution in [1.29, 1.82) is 0 Å². The van der Waals surface area contributed by atoms with Crippen molar-refractivity contribution in [1.82, 2.24) is 0 Å². The predicted molar refractivity (Wildman–Crippen MR) is 63.2 cm³/mol. The molecular weight excluding hydrogens is 374 g/mol. The van der Waals surface area contributed by atoms with E-state index in [2.05, 4.69) is 25.4 Å². The van der Waals surface area contributed by atoms with Crippen molar-refractivity contribution in [2.24, 2.45) is 0 Å². The van der Waals surface area contributed by atoms with Crippen LogP contribution in [0.5, 0.6) is 11.5 Å². The molecule has 0 N–H and O–H groups in total. The second-order valence-electron chi connectivity index (χ2n) is 3.66. The highest BCUT2D eigenvalue weighted by Gasteiger charge is 2.32. The summed E-state index contributed by atoms with van der Waals surface area (Å²) in [5, 5.41) is 0. The fraction of sp³-hybridized carbons (Fsp3) is 0.455. The van der Waals surface area contributed by atoms with Gasteiger partial charge in [0.1, 0.15) is 24.7 Å². The minimum Gasteiger partial charge on any atom is -0.491 e. The van der Waals surface area contributed by atoms with Gasteiger partial charge in [0.25, 0.3) is 0 Å². The lowest BCUT2D eigenvalue weighted by Gasteiger charge is -2.12. The van der Waals surface area contributed by atoms with Crippen molar-refractivity contribution >= 4 is 15.9 Å². The van der Waals surface area contributed by atoms with Gasteiger partial charge >= 0.3 is 12.5 Å². The van der Waals surface area contributed by atoms with Crippen LogP contribution in [0.1, 0.15) is 0 Å². The van der Waals surface area contributed by atoms with Crippen molar-refractivity contribution in [3.8, 4) is 11.5 Å². The minimum absolute atomic E-state index is 0.00599. The summed E-state index contributed by atoms with van der Waals surface area (Å²) in [6.45, 7) is -1.88. The Balaban J connectivity index is 2.42. The van der Waals surface area contributed by atoms with Crippen LogP contribution >= 0.6 is 15.9 Å². The highest BCUT2D eigenvalue weighted by atomic mass is 79.9. The average Bonchev–Trinajstić information content (AvgIpc) is 2.29. The number of hydrogen-bond acceptors (Lipinski definition) is 3. The van der Waals surface area contributed by atoms with E-state index >= 15 is 0 Å². The van der Waals surface area contributed by atoms with Crippen molar-refractivity contribution in [3.63, 3.8) is 0 Å². The van der Waals surface area contributed by atoms with E-state index < -0.39 is 24.9 Å². The van der Waals surface area contributed by atoms with E-state index in [1.54, 1.807) is 0 Å². The zero-order valence-electron chi connectivity index (χ0n) is 10.2. The molecule has 0 fully saturated rings. The molecule has 0 spiro atoms. The van der Waals surface area contributed by atoms with Gasteiger partial charge in [0, 0.05) is 0 Å². The van der Waals surface area contributed by atoms with E-state index in [4.69, 9.17) is 4.74 Å². The van der Waals surface area contributed by atoms with E-state index in [9.17, 15) is 26.3 Å². The molecule has 3 nitrogen and oxygen atoms in total. The lowest BCUT2D eigenvalue weighted by atomic mass is 10.3. The average molecular weight is 383 g/mol. The number of rotatable bonds is 6. The number of ether oxygens (including phenoxy) is 3. The van der Waals surface area contributed by atoms with Crippen molar-refractivity contribution in [2.75, 3.05) is 19.8 Å². The van der Waals surface area contributed by atoms with Gasteiger partial charge < -0.3 is 14.2 Å². The summed E-state index contributed by atoms with van der Waals surface area (Å²) in [7, 11) is 0. The van der Waals surface area contributed by atoms with Crippen LogP contribution in [0.25, 0.3) is 0 Å². The van der Waals surface area contributed by atoms with E-state index in [0.717, 1.165) is 6.07 Å². The fourth-order valence-corrected chi connectivity index (χ4v) is 1.62. The number of halogens is 7. The van der Waals surface area contributed by atoms with Crippen LogP contribution < -0.4 is 9.47 Å². The van der Waals surface area contributed by atoms with Crippen molar-refractivity contribution in [2.45, 2.75) is 12.5 Å². The van der Waals surface area contributed by atoms with Crippen LogP contribution in [0.15, 0.2) is 22.7 Å². The van der Waals surface area contributed by atoms with Crippen molar-refractivity contribution < 1.29 is 40.6 Å². The second kappa shape index (κ2) is 7.21. The summed E-state index contributed by atoms with van der Waals surface area (Å²) in [4.78, 5) is 0. The molecule has 0 aromatic heterocycles. The Hall–Kier alpha value is -1.16. The van der Waals surface area contributed by atoms with Crippen LogP contribution in [0.4, 0.5) is 26.3 Å². The summed E-state index contributed by atoms with van der Waals surface area (Å²) >= 11 is 2.86. The Morgan fingerprint density at radius 1 is 1.00 bits per heavy atom. The highest BCUT2D eigenvalue weighted by molar-refractivity contribution is 9.10. The zero-order chi connectivity index (χ0) is 16.1. The molecule has 0 radical (unpaired) electrons. The minimum atomic E-state index is -4.82. The molecule has 0 atom stereocenters. The van der Waals surface area contributed by atoms with Gasteiger partial charge in [-0.2, -0.15) is 13.2 Å². The molecule has 0 unspecified atom stereocenters. The summed E-state index contributed by atoms with van der Waals surface area (Å²) in [6, 6.07) is 3.41. The quantitative estimate of drug-likeness (QED) is 0.542. The summed E-state index contributed by atoms with van der Waals surface area (Å²) in [6.07, 6.45) is -9.24. The lowest BCUT2D eigenvalue weighted by molar-refractivity contribution is -0.274. The molecule has 0 heterocycles. The third-order valence-electron chi connectivity index (χ3n) is 1.89. The van der Waals surface area contributed by atoms with E-state index in [0.29, 0.717) is 0 Å². The Morgan fingerprint density at radius 3 is 2.19 bits per heavy atom. The second-order valence-corrected chi connectivity index (χ2v) is 4.51. The Morgan fingerprint density at radius 2 is 1.67 bits per heavy atom. The van der Waals surface area contributed by atoms with E-state index in [-0.39, 0.29) is 23.4 Å². The topological polar surface area (TPSA) is 27.7 Å². The maximum atomic E-state index is 12.0. The van der Waals surface area contributed by atoms with Crippen LogP contribution in [-0.2, 0) is 4.74 Å². The molecule has 120 valence electrons. The molecule has 0 aliphatic rings. The molecule has 0 aliphatic carbocycles. The Kier molecular flexibility index (Phi) is 6.14. The van der Waals surface area contributed by atoms with Gasteiger partial charge in [0.05, 0.1) is 11.1 Å². The van der Waals surface area contributed by atoms with Crippen LogP contribution in [0.3, 0.4) is 0 Å². The monoisotopic (exact) mass is 382 g/mol. The number of benzene rings is 1. The smallest absolute Gasteiger partial charge is 0.491 e. The highest BCUT2D eigenvalue weighted by Crippen LogP contribution is 2.33. The molecule has 0 amide bonds. The van der Waals surface area contributed by atoms with Crippen molar-refractivity contribution in [3.05, 3.63) is 22.7 Å². The maximum absolute atomic E-state index is 12.0. The molecule has 1 aromatic rings. The predicted octanol–water partition coefficient (Wildman–Crippen LogP) is 4.31. The van der Waals surface area contributed by atoms with Crippen LogP contribution in [0.2, 0.25) is 0 Å². The van der Waals surface area contributed by atoms with Crippen LogP contribution in [0, 0.1) is 0 Å². The molecular formula is C11H9BrF6O3. The van der Waals surface area contributed by atoms with E-state index in [1.165, 1.54) is 12.1 Å². The third-order valence-corrected chi connectivity index (χ3v) is 2.51. The van der Waals surface area contributed by atoms with Gasteiger partial charge in [-0.15, -0.1) is 13.2 Å². The van der Waals surface area contributed by atoms with Gasteiger partial charge in [0.15, 0.2) is 0 Å². The molecule has 0 saturated carbocycles. The standard InChI is InChI=1S/C11H9BrF6O3/c12-8-5-7(1-2-9(8)21-11(16,17)18)20-4-3-19-6-10(13,14)15/h1-2,5H,3-4,6H2. The fourth-order valence-electron chi connectivity index (χ4n) is 1.19. The molecule has 1 aromatic carbocycles. The first kappa shape index (κ1) is 17.9. The van der Waals surface area contributed by atoms with Gasteiger partial charge in [-0.1, -0.05) is 0 Å². The molecule has 0 aliphatic heterocycles. The third kappa shape index (κ3) is 8.00. The number of hydrogen-bond donors (Lipinski definition) is 0. The first-order valence-electron chi connectivity index (χ1n) is 5.39. The lowest BCUT2D eigenvalue weighted by Crippen LogP contribution is -2.19. The summed E-state index contributed by atoms with van der Waals surface area (Å²) in [5.74, 6) is -0.296. The molecule has 21 heavy (non-hydrogen) atoms. The van der Waals surface area contributed by atoms with E-state index in [1.807, 2.05) is 0 Å². The van der Waals surface area contributed by atoms with Gasteiger partial charge in [-0.3, -0.25) is 0 Å². The van der Waals surface area contributed by atoms with Gasteiger partial charge in [0.2, 0.25) is 0 Å². The molecule has 1 rings (SSSR count).